The second-order valence-corrected chi connectivity index (χ2v) is 8.20. The average molecular weight is 357 g/mol. The number of nitrogens with zero attached hydrogens (tertiary/aromatic N) is 2. The molecule has 0 spiro atoms. The van der Waals surface area contributed by atoms with Crippen LogP contribution in [0.3, 0.4) is 0 Å². The fourth-order valence-corrected chi connectivity index (χ4v) is 2.51. The molecular weight excluding hydrogens is 339 g/mol. The van der Waals surface area contributed by atoms with Crippen LogP contribution in [0.5, 0.6) is 0 Å². The molecule has 1 aromatic heterocycles. The van der Waals surface area contributed by atoms with Crippen LogP contribution in [0.4, 0.5) is 17.2 Å². The van der Waals surface area contributed by atoms with E-state index in [4.69, 9.17) is 23.2 Å². The molecule has 0 bridgehead atoms. The largest absolute Gasteiger partial charge is 0.339 e. The highest BCUT2D eigenvalue weighted by Gasteiger charge is 2.12. The van der Waals surface area contributed by atoms with Gasteiger partial charge in [0.15, 0.2) is 5.82 Å². The van der Waals surface area contributed by atoms with Gasteiger partial charge in [0.05, 0.1) is 16.9 Å². The molecule has 2 N–H and O–H groups in total. The summed E-state index contributed by atoms with van der Waals surface area (Å²) in [6, 6.07) is 5.63. The maximum Gasteiger partial charge on any atom is 0.152 e. The van der Waals surface area contributed by atoms with Crippen LogP contribution in [-0.2, 0) is 0 Å². The summed E-state index contributed by atoms with van der Waals surface area (Å²) in [7, 11) is 0. The quantitative estimate of drug-likeness (QED) is 0.688. The van der Waals surface area contributed by atoms with Gasteiger partial charge in [-0.05, 0) is 57.8 Å². The van der Waals surface area contributed by atoms with E-state index in [0.717, 1.165) is 11.4 Å². The van der Waals surface area contributed by atoms with Gasteiger partial charge in [-0.25, -0.2) is 9.97 Å². The van der Waals surface area contributed by atoms with Gasteiger partial charge in [0.25, 0.3) is 0 Å². The van der Waals surface area contributed by atoms with Crippen molar-refractivity contribution in [3.63, 3.8) is 0 Å². The van der Waals surface area contributed by atoms with Gasteiger partial charge in [-0.1, -0.05) is 23.2 Å². The van der Waals surface area contributed by atoms with Gasteiger partial charge in [-0.2, -0.15) is 0 Å². The highest BCUT2D eigenvalue weighted by molar-refractivity contribution is 8.01. The third kappa shape index (κ3) is 4.93. The number of halogens is 2. The summed E-state index contributed by atoms with van der Waals surface area (Å²) in [5, 5.41) is 4.32. The fraction of sp³-hybridized carbons (Fsp3) is 0.333. The number of aryl methyl sites for hydroxylation is 1. The number of rotatable bonds is 4. The van der Waals surface area contributed by atoms with E-state index < -0.39 is 0 Å². The van der Waals surface area contributed by atoms with Gasteiger partial charge in [0, 0.05) is 10.4 Å². The average Bonchev–Trinajstić information content (AvgIpc) is 2.42. The third-order valence-corrected chi connectivity index (χ3v) is 4.10. The van der Waals surface area contributed by atoms with Crippen molar-refractivity contribution in [3.05, 3.63) is 40.3 Å². The van der Waals surface area contributed by atoms with Crippen molar-refractivity contribution in [2.24, 2.45) is 0 Å². The lowest BCUT2D eigenvalue weighted by Crippen LogP contribution is -2.10. The van der Waals surface area contributed by atoms with Gasteiger partial charge in [-0.3, -0.25) is 0 Å². The maximum absolute atomic E-state index is 6.23. The van der Waals surface area contributed by atoms with Gasteiger partial charge in [0.1, 0.15) is 10.8 Å². The minimum atomic E-state index is 0.0832. The molecule has 0 unspecified atom stereocenters. The second-order valence-electron chi connectivity index (χ2n) is 5.75. The number of aromatic nitrogens is 2. The van der Waals surface area contributed by atoms with Crippen molar-refractivity contribution in [1.82, 2.24) is 9.97 Å². The monoisotopic (exact) mass is 356 g/mol. The topological polar surface area (TPSA) is 49.8 Å². The summed E-state index contributed by atoms with van der Waals surface area (Å²) < 4.78 is 3.37. The Morgan fingerprint density at radius 2 is 1.86 bits per heavy atom. The van der Waals surface area contributed by atoms with E-state index in [0.29, 0.717) is 21.7 Å². The Balaban J connectivity index is 2.20. The summed E-state index contributed by atoms with van der Waals surface area (Å²) in [6.45, 7) is 8.20. The van der Waals surface area contributed by atoms with Crippen LogP contribution >= 0.6 is 35.1 Å². The molecule has 118 valence electrons. The van der Waals surface area contributed by atoms with Crippen LogP contribution in [-0.4, -0.2) is 14.7 Å². The van der Waals surface area contributed by atoms with Crippen molar-refractivity contribution in [2.75, 3.05) is 10.0 Å². The molecule has 2 aromatic rings. The van der Waals surface area contributed by atoms with E-state index in [1.807, 2.05) is 25.1 Å². The van der Waals surface area contributed by atoms with Gasteiger partial charge >= 0.3 is 0 Å². The first-order valence-electron chi connectivity index (χ1n) is 6.74. The molecule has 0 aliphatic carbocycles. The lowest BCUT2D eigenvalue weighted by atomic mass is 10.3. The highest BCUT2D eigenvalue weighted by Crippen LogP contribution is 2.33. The zero-order chi connectivity index (χ0) is 16.3. The molecule has 0 saturated carbocycles. The van der Waals surface area contributed by atoms with Crippen LogP contribution in [0.2, 0.25) is 10.0 Å². The predicted molar refractivity (Wildman–Crippen MR) is 97.5 cm³/mol. The Kier molecular flexibility index (Phi) is 5.42. The molecule has 1 heterocycles. The molecule has 0 fully saturated rings. The molecular formula is C15H18Cl2N4S. The van der Waals surface area contributed by atoms with Gasteiger partial charge in [0.2, 0.25) is 0 Å². The van der Waals surface area contributed by atoms with Crippen molar-refractivity contribution in [1.29, 1.82) is 0 Å². The summed E-state index contributed by atoms with van der Waals surface area (Å²) in [6.07, 6.45) is 1.58. The predicted octanol–water partition coefficient (Wildman–Crippen LogP) is 5.69. The number of hydrogen-bond acceptors (Lipinski definition) is 5. The van der Waals surface area contributed by atoms with E-state index in [2.05, 4.69) is 40.8 Å². The number of benzene rings is 1. The molecule has 0 aliphatic heterocycles. The van der Waals surface area contributed by atoms with Crippen LogP contribution < -0.4 is 10.0 Å². The van der Waals surface area contributed by atoms with E-state index in [1.165, 1.54) is 0 Å². The van der Waals surface area contributed by atoms with Crippen molar-refractivity contribution < 1.29 is 0 Å². The second kappa shape index (κ2) is 6.94. The van der Waals surface area contributed by atoms with Crippen LogP contribution in [0.15, 0.2) is 24.4 Å². The summed E-state index contributed by atoms with van der Waals surface area (Å²) in [5.41, 5.74) is 1.69. The first-order chi connectivity index (χ1) is 10.2. The molecule has 0 amide bonds. The molecule has 2 rings (SSSR count). The highest BCUT2D eigenvalue weighted by atomic mass is 35.5. The van der Waals surface area contributed by atoms with Gasteiger partial charge < -0.3 is 10.0 Å². The summed E-state index contributed by atoms with van der Waals surface area (Å²) >= 11 is 13.9. The van der Waals surface area contributed by atoms with Crippen molar-refractivity contribution in [2.45, 2.75) is 32.4 Å². The van der Waals surface area contributed by atoms with Crippen LogP contribution in [0.25, 0.3) is 0 Å². The summed E-state index contributed by atoms with van der Waals surface area (Å²) in [5.74, 6) is 1.23. The Morgan fingerprint density at radius 1 is 1.14 bits per heavy atom. The molecule has 0 saturated heterocycles. The molecule has 0 atom stereocenters. The Hall–Kier alpha value is -1.17. The zero-order valence-electron chi connectivity index (χ0n) is 12.9. The van der Waals surface area contributed by atoms with Gasteiger partial charge in [-0.15, -0.1) is 0 Å². The number of hydrogen-bond donors (Lipinski definition) is 2. The minimum absolute atomic E-state index is 0.0832. The lowest BCUT2D eigenvalue weighted by Gasteiger charge is -2.19. The molecule has 22 heavy (non-hydrogen) atoms. The Morgan fingerprint density at radius 3 is 2.55 bits per heavy atom. The molecule has 7 heteroatoms. The Bertz CT molecular complexity index is 671. The third-order valence-electron chi connectivity index (χ3n) is 2.56. The Labute approximate surface area is 145 Å². The van der Waals surface area contributed by atoms with E-state index in [9.17, 15) is 0 Å². The first-order valence-corrected chi connectivity index (χ1v) is 8.31. The normalized spacial score (nSPS) is 11.4. The van der Waals surface area contributed by atoms with Crippen LogP contribution in [0, 0.1) is 6.92 Å². The molecule has 1 aromatic carbocycles. The molecule has 4 nitrogen and oxygen atoms in total. The van der Waals surface area contributed by atoms with E-state index in [-0.39, 0.29) is 4.75 Å². The minimum Gasteiger partial charge on any atom is -0.339 e. The standard InChI is InChI=1S/C15H18Cl2N4S/c1-9-18-8-12(17)14(19-9)20-10-5-6-11(16)13(7-10)21-22-15(2,3)4/h5-8,21H,1-4H3,(H,18,19,20). The van der Waals surface area contributed by atoms with E-state index >= 15 is 0 Å². The first kappa shape index (κ1) is 17.2. The summed E-state index contributed by atoms with van der Waals surface area (Å²) in [4.78, 5) is 8.34. The van der Waals surface area contributed by atoms with E-state index in [1.54, 1.807) is 18.1 Å². The SMILES string of the molecule is Cc1ncc(Cl)c(Nc2ccc(Cl)c(NSC(C)(C)C)c2)n1. The van der Waals surface area contributed by atoms with Crippen molar-refractivity contribution in [3.8, 4) is 0 Å². The number of nitrogens with one attached hydrogen (secondary N) is 2. The molecule has 0 radical (unpaired) electrons. The molecule has 0 aliphatic rings. The zero-order valence-corrected chi connectivity index (χ0v) is 15.2. The smallest absolute Gasteiger partial charge is 0.152 e. The van der Waals surface area contributed by atoms with Crippen LogP contribution in [0.1, 0.15) is 26.6 Å². The number of anilines is 3. The van der Waals surface area contributed by atoms with Crippen molar-refractivity contribution >= 4 is 52.3 Å². The maximum atomic E-state index is 6.23. The lowest BCUT2D eigenvalue weighted by molar-refractivity contribution is 0.806. The fourth-order valence-electron chi connectivity index (χ4n) is 1.57.